The Morgan fingerprint density at radius 3 is 3.00 bits per heavy atom. The van der Waals surface area contributed by atoms with Gasteiger partial charge in [0.05, 0.1) is 0 Å². The summed E-state index contributed by atoms with van der Waals surface area (Å²) in [5.74, 6) is 6.50. The standard InChI is InChI=1S/C7H9N7S/c1-4-11-5(13-8)2-6(12-4)15-7-9-3-10-14-7/h2-3H,8H2,1H3,(H,9,10,14)(H,11,12,13). The normalized spacial score (nSPS) is 10.3. The first kappa shape index (κ1) is 9.87. The van der Waals surface area contributed by atoms with Crippen LogP contribution in [0.25, 0.3) is 0 Å². The molecule has 7 nitrogen and oxygen atoms in total. The van der Waals surface area contributed by atoms with Crippen molar-refractivity contribution >= 4 is 17.6 Å². The number of hydrogen-bond acceptors (Lipinski definition) is 7. The molecule has 0 unspecified atom stereocenters. The Morgan fingerprint density at radius 1 is 1.47 bits per heavy atom. The van der Waals surface area contributed by atoms with E-state index in [1.807, 2.05) is 0 Å². The molecule has 2 aromatic rings. The van der Waals surface area contributed by atoms with Crippen LogP contribution in [0.3, 0.4) is 0 Å². The third-order valence-electron chi connectivity index (χ3n) is 1.56. The molecule has 0 bridgehead atoms. The van der Waals surface area contributed by atoms with E-state index < -0.39 is 0 Å². The van der Waals surface area contributed by atoms with Crippen molar-refractivity contribution < 1.29 is 0 Å². The first-order valence-electron chi connectivity index (χ1n) is 4.13. The molecule has 0 aliphatic rings. The second-order valence-corrected chi connectivity index (χ2v) is 3.68. The molecular weight excluding hydrogens is 214 g/mol. The highest BCUT2D eigenvalue weighted by atomic mass is 32.2. The summed E-state index contributed by atoms with van der Waals surface area (Å²) in [6.45, 7) is 1.80. The lowest BCUT2D eigenvalue weighted by Gasteiger charge is -2.02. The zero-order chi connectivity index (χ0) is 10.7. The van der Waals surface area contributed by atoms with E-state index in [9.17, 15) is 0 Å². The molecule has 78 valence electrons. The average Bonchev–Trinajstić information content (AvgIpc) is 2.69. The summed E-state index contributed by atoms with van der Waals surface area (Å²) in [6, 6.07) is 1.74. The fraction of sp³-hybridized carbons (Fsp3) is 0.143. The maximum absolute atomic E-state index is 5.28. The largest absolute Gasteiger partial charge is 0.308 e. The molecule has 0 aromatic carbocycles. The van der Waals surface area contributed by atoms with Gasteiger partial charge in [0.15, 0.2) is 5.16 Å². The SMILES string of the molecule is Cc1nc(NN)cc(Sc2ncn[nH]2)n1. The van der Waals surface area contributed by atoms with Crippen LogP contribution in [0.2, 0.25) is 0 Å². The van der Waals surface area contributed by atoms with Gasteiger partial charge in [0.25, 0.3) is 0 Å². The lowest BCUT2D eigenvalue weighted by Crippen LogP contribution is -2.09. The van der Waals surface area contributed by atoms with Gasteiger partial charge in [-0.25, -0.2) is 20.8 Å². The third-order valence-corrected chi connectivity index (χ3v) is 2.36. The Balaban J connectivity index is 2.24. The van der Waals surface area contributed by atoms with E-state index in [0.29, 0.717) is 16.8 Å². The van der Waals surface area contributed by atoms with E-state index >= 15 is 0 Å². The van der Waals surface area contributed by atoms with Crippen molar-refractivity contribution in [3.63, 3.8) is 0 Å². The monoisotopic (exact) mass is 223 g/mol. The number of H-pyrrole nitrogens is 1. The van der Waals surface area contributed by atoms with E-state index in [4.69, 9.17) is 5.84 Å². The smallest absolute Gasteiger partial charge is 0.189 e. The topological polar surface area (TPSA) is 105 Å². The van der Waals surface area contributed by atoms with Crippen LogP contribution >= 0.6 is 11.8 Å². The van der Waals surface area contributed by atoms with Crippen LogP contribution in [-0.2, 0) is 0 Å². The average molecular weight is 223 g/mol. The Morgan fingerprint density at radius 2 is 2.33 bits per heavy atom. The van der Waals surface area contributed by atoms with E-state index in [-0.39, 0.29) is 0 Å². The van der Waals surface area contributed by atoms with Crippen LogP contribution in [0.15, 0.2) is 22.6 Å². The van der Waals surface area contributed by atoms with Crippen LogP contribution in [0, 0.1) is 6.92 Å². The summed E-state index contributed by atoms with van der Waals surface area (Å²) in [6.07, 6.45) is 1.44. The lowest BCUT2D eigenvalue weighted by molar-refractivity contribution is 0.941. The first-order valence-corrected chi connectivity index (χ1v) is 4.95. The first-order chi connectivity index (χ1) is 7.28. The van der Waals surface area contributed by atoms with Gasteiger partial charge in [0, 0.05) is 6.07 Å². The minimum Gasteiger partial charge on any atom is -0.308 e. The van der Waals surface area contributed by atoms with E-state index in [2.05, 4.69) is 30.6 Å². The summed E-state index contributed by atoms with van der Waals surface area (Å²) in [7, 11) is 0. The molecule has 0 saturated carbocycles. The summed E-state index contributed by atoms with van der Waals surface area (Å²) in [5.41, 5.74) is 2.48. The van der Waals surface area contributed by atoms with E-state index in [1.165, 1.54) is 18.1 Å². The molecule has 4 N–H and O–H groups in total. The van der Waals surface area contributed by atoms with Crippen LogP contribution < -0.4 is 11.3 Å². The number of nitrogens with zero attached hydrogens (tertiary/aromatic N) is 4. The number of nitrogen functional groups attached to an aromatic ring is 1. The summed E-state index contributed by atoms with van der Waals surface area (Å²) in [5, 5.41) is 7.91. The van der Waals surface area contributed by atoms with Crippen LogP contribution in [0.5, 0.6) is 0 Å². The fourth-order valence-corrected chi connectivity index (χ4v) is 1.75. The van der Waals surface area contributed by atoms with Crippen LogP contribution in [0.4, 0.5) is 5.82 Å². The molecule has 2 heterocycles. The number of nitrogens with two attached hydrogens (primary N) is 1. The molecule has 15 heavy (non-hydrogen) atoms. The predicted molar refractivity (Wildman–Crippen MR) is 55.1 cm³/mol. The van der Waals surface area contributed by atoms with Gasteiger partial charge in [-0.1, -0.05) is 0 Å². The molecule has 0 spiro atoms. The number of rotatable bonds is 3. The fourth-order valence-electron chi connectivity index (χ4n) is 1.01. The quantitative estimate of drug-likeness (QED) is 0.391. The zero-order valence-electron chi connectivity index (χ0n) is 7.93. The highest BCUT2D eigenvalue weighted by Crippen LogP contribution is 2.23. The maximum atomic E-state index is 5.28. The molecule has 0 aliphatic carbocycles. The number of aryl methyl sites for hydroxylation is 1. The molecule has 0 fully saturated rings. The Kier molecular flexibility index (Phi) is 2.79. The van der Waals surface area contributed by atoms with Crippen molar-refractivity contribution in [3.05, 3.63) is 18.2 Å². The van der Waals surface area contributed by atoms with Crippen molar-refractivity contribution in [2.75, 3.05) is 5.43 Å². The Bertz CT molecular complexity index is 441. The molecular formula is C7H9N7S. The van der Waals surface area contributed by atoms with Gasteiger partial charge in [-0.05, 0) is 18.7 Å². The van der Waals surface area contributed by atoms with Crippen molar-refractivity contribution in [3.8, 4) is 0 Å². The lowest BCUT2D eigenvalue weighted by atomic mass is 10.5. The Hall–Kier alpha value is -1.67. The van der Waals surface area contributed by atoms with Gasteiger partial charge < -0.3 is 5.43 Å². The number of anilines is 1. The highest BCUT2D eigenvalue weighted by Gasteiger charge is 2.04. The van der Waals surface area contributed by atoms with Gasteiger partial charge in [-0.15, -0.1) is 0 Å². The second kappa shape index (κ2) is 4.24. The van der Waals surface area contributed by atoms with Gasteiger partial charge in [-0.2, -0.15) is 5.10 Å². The molecule has 2 rings (SSSR count). The van der Waals surface area contributed by atoms with E-state index in [1.54, 1.807) is 13.0 Å². The van der Waals surface area contributed by atoms with Gasteiger partial charge in [0.1, 0.15) is 23.0 Å². The summed E-state index contributed by atoms with van der Waals surface area (Å²) >= 11 is 1.36. The minimum absolute atomic E-state index is 0.574. The molecule has 0 saturated heterocycles. The summed E-state index contributed by atoms with van der Waals surface area (Å²) in [4.78, 5) is 12.3. The second-order valence-electron chi connectivity index (χ2n) is 2.68. The number of hydrogen-bond donors (Lipinski definition) is 3. The molecule has 8 heteroatoms. The van der Waals surface area contributed by atoms with Crippen molar-refractivity contribution in [1.82, 2.24) is 25.1 Å². The number of hydrazine groups is 1. The van der Waals surface area contributed by atoms with Gasteiger partial charge in [0.2, 0.25) is 0 Å². The predicted octanol–water partition coefficient (Wildman–Crippen LogP) is 0.340. The zero-order valence-corrected chi connectivity index (χ0v) is 8.75. The van der Waals surface area contributed by atoms with Crippen molar-refractivity contribution in [2.45, 2.75) is 17.1 Å². The van der Waals surface area contributed by atoms with Crippen LogP contribution in [0.1, 0.15) is 5.82 Å². The van der Waals surface area contributed by atoms with Crippen molar-refractivity contribution in [2.24, 2.45) is 5.84 Å². The van der Waals surface area contributed by atoms with Crippen LogP contribution in [-0.4, -0.2) is 25.1 Å². The molecule has 0 amide bonds. The molecule has 2 aromatic heterocycles. The van der Waals surface area contributed by atoms with Gasteiger partial charge >= 0.3 is 0 Å². The number of aromatic amines is 1. The molecule has 0 atom stereocenters. The highest BCUT2D eigenvalue weighted by molar-refractivity contribution is 7.99. The molecule has 0 radical (unpaired) electrons. The number of nitrogens with one attached hydrogen (secondary N) is 2. The Labute approximate surface area is 89.9 Å². The summed E-state index contributed by atoms with van der Waals surface area (Å²) < 4.78 is 0. The maximum Gasteiger partial charge on any atom is 0.189 e. The third kappa shape index (κ3) is 2.42. The van der Waals surface area contributed by atoms with Crippen molar-refractivity contribution in [1.29, 1.82) is 0 Å². The minimum atomic E-state index is 0.574. The van der Waals surface area contributed by atoms with Gasteiger partial charge in [-0.3, -0.25) is 5.10 Å². The van der Waals surface area contributed by atoms with E-state index in [0.717, 1.165) is 5.03 Å². The number of aromatic nitrogens is 5. The molecule has 0 aliphatic heterocycles.